The molecule has 3 atom stereocenters. The van der Waals surface area contributed by atoms with Crippen LogP contribution in [-0.2, 0) is 20.4 Å². The third-order valence-corrected chi connectivity index (χ3v) is 5.57. The third kappa shape index (κ3) is 3.85. The van der Waals surface area contributed by atoms with Gasteiger partial charge in [-0.15, -0.1) is 0 Å². The zero-order chi connectivity index (χ0) is 19.9. The summed E-state index contributed by atoms with van der Waals surface area (Å²) in [6, 6.07) is 7.49. The summed E-state index contributed by atoms with van der Waals surface area (Å²) in [5.41, 5.74) is -0.465. The lowest BCUT2D eigenvalue weighted by Crippen LogP contribution is -2.37. The normalized spacial score (nSPS) is 24.4. The van der Waals surface area contributed by atoms with E-state index in [0.29, 0.717) is 11.3 Å². The molecule has 4 rings (SSSR count). The molecule has 2 saturated heterocycles. The number of rotatable bonds is 4. The van der Waals surface area contributed by atoms with Gasteiger partial charge in [0, 0.05) is 17.2 Å². The van der Waals surface area contributed by atoms with Gasteiger partial charge in [0.2, 0.25) is 6.29 Å². The molecule has 2 bridgehead atoms. The van der Waals surface area contributed by atoms with Crippen LogP contribution < -0.4 is 4.74 Å². The van der Waals surface area contributed by atoms with Gasteiger partial charge in [0.15, 0.2) is 10.9 Å². The summed E-state index contributed by atoms with van der Waals surface area (Å²) in [7, 11) is 1.47. The van der Waals surface area contributed by atoms with Crippen molar-refractivity contribution in [2.75, 3.05) is 13.7 Å². The number of thioether (sulfide) groups is 1. The van der Waals surface area contributed by atoms with Crippen molar-refractivity contribution in [2.45, 2.75) is 35.4 Å². The van der Waals surface area contributed by atoms with E-state index >= 15 is 0 Å². The lowest BCUT2D eigenvalue weighted by molar-refractivity contribution is -0.151. The standard InChI is InChI=1S/C18H15F3N2O4S/c1-25-10-4-2-3-9(5-10)11-6-15(18(19,20)21)23-17(22-11)28-14-7-12(24)16-26-8-13(14)27-16/h2-6,13-14,16H,7-8H2,1H3/t13-,14-,16+/m0/s1. The van der Waals surface area contributed by atoms with E-state index in [9.17, 15) is 18.0 Å². The Morgan fingerprint density at radius 1 is 1.25 bits per heavy atom. The molecule has 3 heterocycles. The Labute approximate surface area is 162 Å². The number of halogens is 3. The van der Waals surface area contributed by atoms with Crippen molar-refractivity contribution in [3.63, 3.8) is 0 Å². The zero-order valence-corrected chi connectivity index (χ0v) is 15.4. The molecule has 0 spiro atoms. The fourth-order valence-corrected chi connectivity index (χ4v) is 4.13. The molecule has 0 unspecified atom stereocenters. The Morgan fingerprint density at radius 2 is 2.07 bits per heavy atom. The van der Waals surface area contributed by atoms with Gasteiger partial charge in [-0.2, -0.15) is 13.2 Å². The Balaban J connectivity index is 1.69. The maximum absolute atomic E-state index is 13.4. The molecule has 6 nitrogen and oxygen atoms in total. The predicted octanol–water partition coefficient (Wildman–Crippen LogP) is 3.35. The number of carbonyl (C=O) groups excluding carboxylic acids is 1. The first-order valence-corrected chi connectivity index (χ1v) is 9.28. The third-order valence-electron chi connectivity index (χ3n) is 4.41. The molecule has 10 heteroatoms. The topological polar surface area (TPSA) is 70.5 Å². The van der Waals surface area contributed by atoms with E-state index < -0.39 is 23.4 Å². The van der Waals surface area contributed by atoms with E-state index in [0.717, 1.165) is 17.8 Å². The average Bonchev–Trinajstić information content (AvgIpc) is 3.11. The zero-order valence-electron chi connectivity index (χ0n) is 14.6. The number of hydrogen-bond acceptors (Lipinski definition) is 7. The first-order chi connectivity index (χ1) is 13.3. The largest absolute Gasteiger partial charge is 0.497 e. The number of methoxy groups -OCH3 is 1. The number of hydrogen-bond donors (Lipinski definition) is 0. The molecular formula is C18H15F3N2O4S. The molecule has 28 heavy (non-hydrogen) atoms. The smallest absolute Gasteiger partial charge is 0.433 e. The van der Waals surface area contributed by atoms with E-state index in [1.165, 1.54) is 7.11 Å². The molecular weight excluding hydrogens is 397 g/mol. The summed E-state index contributed by atoms with van der Waals surface area (Å²) >= 11 is 0.997. The summed E-state index contributed by atoms with van der Waals surface area (Å²) < 4.78 is 55.9. The SMILES string of the molecule is COc1cccc(-c2cc(C(F)(F)F)nc(S[C@H]3CC(=O)[C@@H]4OC[C@@H]3O4)n2)c1. The van der Waals surface area contributed by atoms with Gasteiger partial charge in [0.1, 0.15) is 11.4 Å². The quantitative estimate of drug-likeness (QED) is 0.714. The summed E-state index contributed by atoms with van der Waals surface area (Å²) in [5.74, 6) is 0.269. The van der Waals surface area contributed by atoms with E-state index in [4.69, 9.17) is 14.2 Å². The molecule has 148 valence electrons. The van der Waals surface area contributed by atoms with Gasteiger partial charge >= 0.3 is 6.18 Å². The highest BCUT2D eigenvalue weighted by Gasteiger charge is 2.44. The van der Waals surface area contributed by atoms with Gasteiger partial charge in [-0.25, -0.2) is 9.97 Å². The molecule has 2 aliphatic heterocycles. The maximum Gasteiger partial charge on any atom is 0.433 e. The van der Waals surface area contributed by atoms with E-state index in [1.807, 2.05) is 0 Å². The number of ketones is 1. The lowest BCUT2D eigenvalue weighted by atomic mass is 10.1. The Hall–Kier alpha value is -2.17. The average molecular weight is 412 g/mol. The second-order valence-electron chi connectivity index (χ2n) is 6.32. The molecule has 0 saturated carbocycles. The van der Waals surface area contributed by atoms with Gasteiger partial charge in [-0.05, 0) is 18.2 Å². The fraction of sp³-hybridized carbons (Fsp3) is 0.389. The number of ether oxygens (including phenoxy) is 3. The van der Waals surface area contributed by atoms with Crippen LogP contribution in [-0.4, -0.2) is 47.1 Å². The predicted molar refractivity (Wildman–Crippen MR) is 92.9 cm³/mol. The van der Waals surface area contributed by atoms with Crippen LogP contribution in [0.15, 0.2) is 35.5 Å². The van der Waals surface area contributed by atoms with Crippen LogP contribution in [0.2, 0.25) is 0 Å². The highest BCUT2D eigenvalue weighted by atomic mass is 32.2. The Bertz CT molecular complexity index is 909. The molecule has 0 radical (unpaired) electrons. The summed E-state index contributed by atoms with van der Waals surface area (Å²) in [4.78, 5) is 19.9. The number of alkyl halides is 3. The molecule has 0 amide bonds. The van der Waals surface area contributed by atoms with Crippen LogP contribution in [0, 0.1) is 0 Å². The van der Waals surface area contributed by atoms with Crippen LogP contribution in [0.1, 0.15) is 12.1 Å². The maximum atomic E-state index is 13.4. The van der Waals surface area contributed by atoms with Crippen molar-refractivity contribution in [2.24, 2.45) is 0 Å². The van der Waals surface area contributed by atoms with Crippen LogP contribution >= 0.6 is 11.8 Å². The van der Waals surface area contributed by atoms with Gasteiger partial charge < -0.3 is 14.2 Å². The van der Waals surface area contributed by atoms with Crippen molar-refractivity contribution in [3.05, 3.63) is 36.0 Å². The number of fused-ring (bicyclic) bond motifs is 2. The lowest BCUT2D eigenvalue weighted by Gasteiger charge is -2.25. The van der Waals surface area contributed by atoms with Crippen molar-refractivity contribution in [1.82, 2.24) is 9.97 Å². The summed E-state index contributed by atoms with van der Waals surface area (Å²) in [6.45, 7) is 0.218. The minimum Gasteiger partial charge on any atom is -0.497 e. The minimum atomic E-state index is -4.63. The van der Waals surface area contributed by atoms with Gasteiger partial charge in [0.25, 0.3) is 0 Å². The highest BCUT2D eigenvalue weighted by molar-refractivity contribution is 7.99. The molecule has 1 aromatic heterocycles. The number of Topliss-reactive ketones (excluding diaryl/α,β-unsaturated/α-hetero) is 1. The second-order valence-corrected chi connectivity index (χ2v) is 7.52. The van der Waals surface area contributed by atoms with Gasteiger partial charge in [0.05, 0.1) is 25.5 Å². The van der Waals surface area contributed by atoms with Crippen molar-refractivity contribution in [1.29, 1.82) is 0 Å². The highest BCUT2D eigenvalue weighted by Crippen LogP contribution is 2.38. The molecule has 1 aromatic carbocycles. The van der Waals surface area contributed by atoms with Crippen LogP contribution in [0.25, 0.3) is 11.3 Å². The van der Waals surface area contributed by atoms with E-state index in [2.05, 4.69) is 9.97 Å². The number of carbonyl (C=O) groups is 1. The van der Waals surface area contributed by atoms with Crippen molar-refractivity contribution >= 4 is 17.5 Å². The second kappa shape index (κ2) is 7.34. The minimum absolute atomic E-state index is 0.0700. The number of aromatic nitrogens is 2. The van der Waals surface area contributed by atoms with Crippen LogP contribution in [0.3, 0.4) is 0 Å². The Morgan fingerprint density at radius 3 is 2.82 bits per heavy atom. The van der Waals surface area contributed by atoms with Gasteiger partial charge in [-0.1, -0.05) is 23.9 Å². The molecule has 0 N–H and O–H groups in total. The van der Waals surface area contributed by atoms with Gasteiger partial charge in [-0.3, -0.25) is 4.79 Å². The van der Waals surface area contributed by atoms with E-state index in [-0.39, 0.29) is 35.8 Å². The fourth-order valence-electron chi connectivity index (χ4n) is 3.02. The molecule has 2 aromatic rings. The monoisotopic (exact) mass is 412 g/mol. The van der Waals surface area contributed by atoms with Crippen LogP contribution in [0.5, 0.6) is 5.75 Å². The molecule has 2 fully saturated rings. The molecule has 2 aliphatic rings. The summed E-state index contributed by atoms with van der Waals surface area (Å²) in [5, 5.41) is -0.479. The number of nitrogens with zero attached hydrogens (tertiary/aromatic N) is 2. The van der Waals surface area contributed by atoms with Crippen molar-refractivity contribution in [3.8, 4) is 17.0 Å². The Kier molecular flexibility index (Phi) is 5.02. The molecule has 0 aliphatic carbocycles. The van der Waals surface area contributed by atoms with Crippen LogP contribution in [0.4, 0.5) is 13.2 Å². The first-order valence-electron chi connectivity index (χ1n) is 8.40. The number of benzene rings is 1. The van der Waals surface area contributed by atoms with E-state index in [1.54, 1.807) is 24.3 Å². The summed E-state index contributed by atoms with van der Waals surface area (Å²) in [6.07, 6.45) is -5.75. The first kappa shape index (κ1) is 19.2. The van der Waals surface area contributed by atoms with Crippen molar-refractivity contribution < 1.29 is 32.2 Å².